The van der Waals surface area contributed by atoms with E-state index in [2.05, 4.69) is 0 Å². The smallest absolute Gasteiger partial charge is 0.313 e. The third-order valence-corrected chi connectivity index (χ3v) is 5.62. The summed E-state index contributed by atoms with van der Waals surface area (Å²) in [6, 6.07) is 7.08. The van der Waals surface area contributed by atoms with Crippen LogP contribution in [-0.2, 0) is 9.84 Å². The molecule has 108 valence electrons. The molecule has 1 N–H and O–H groups in total. The van der Waals surface area contributed by atoms with Crippen LogP contribution in [0.4, 0.5) is 4.39 Å². The molecule has 0 bridgehead atoms. The van der Waals surface area contributed by atoms with Gasteiger partial charge in [0.2, 0.25) is 9.84 Å². The van der Waals surface area contributed by atoms with Crippen LogP contribution in [0.2, 0.25) is 0 Å². The first kappa shape index (κ1) is 16.4. The summed E-state index contributed by atoms with van der Waals surface area (Å²) in [4.78, 5) is -0.234. The van der Waals surface area contributed by atoms with E-state index >= 15 is 0 Å². The lowest BCUT2D eigenvalue weighted by Crippen LogP contribution is -2.40. The first-order valence-electron chi connectivity index (χ1n) is 6.19. The molecular formula is C13H18ClFO3S. The largest absolute Gasteiger partial charge is 0.387 e. The minimum atomic E-state index is -4.43. The number of alkyl halides is 2. The molecule has 3 nitrogen and oxygen atoms in total. The number of aliphatic hydroxyl groups excluding tert-OH is 1. The number of halogens is 2. The van der Waals surface area contributed by atoms with Gasteiger partial charge in [-0.05, 0) is 18.6 Å². The maximum absolute atomic E-state index is 14.3. The maximum atomic E-state index is 14.3. The van der Waals surface area contributed by atoms with Crippen molar-refractivity contribution in [3.8, 4) is 0 Å². The first-order valence-corrected chi connectivity index (χ1v) is 8.05. The second kappa shape index (κ2) is 6.68. The van der Waals surface area contributed by atoms with E-state index in [0.717, 1.165) is 12.8 Å². The van der Waals surface area contributed by atoms with Crippen molar-refractivity contribution in [2.24, 2.45) is 0 Å². The van der Waals surface area contributed by atoms with Crippen molar-refractivity contribution in [2.45, 2.75) is 48.1 Å². The second-order valence-electron chi connectivity index (χ2n) is 4.39. The summed E-state index contributed by atoms with van der Waals surface area (Å²) in [5.41, 5.74) is 0. The zero-order chi connectivity index (χ0) is 14.5. The van der Waals surface area contributed by atoms with Gasteiger partial charge in [0, 0.05) is 0 Å². The highest BCUT2D eigenvalue weighted by molar-refractivity contribution is 7.94. The molecule has 0 aliphatic carbocycles. The second-order valence-corrected chi connectivity index (χ2v) is 7.24. The van der Waals surface area contributed by atoms with E-state index in [0.29, 0.717) is 6.42 Å². The molecular weight excluding hydrogens is 291 g/mol. The van der Waals surface area contributed by atoms with Gasteiger partial charge < -0.3 is 5.11 Å². The molecule has 2 unspecified atom stereocenters. The Morgan fingerprint density at radius 2 is 1.89 bits per heavy atom. The molecule has 0 amide bonds. The fourth-order valence-corrected chi connectivity index (χ4v) is 3.37. The van der Waals surface area contributed by atoms with Crippen LogP contribution in [0, 0.1) is 0 Å². The molecule has 0 saturated carbocycles. The molecule has 2 atom stereocenters. The summed E-state index contributed by atoms with van der Waals surface area (Å²) in [5.74, 6) is 0. The SMILES string of the molecule is CCCCCC(O)C(F)(Cl)S(=O)(=O)c1ccccc1. The molecule has 1 aromatic rings. The van der Waals surface area contributed by atoms with Gasteiger partial charge in [-0.1, -0.05) is 56.0 Å². The van der Waals surface area contributed by atoms with Gasteiger partial charge in [0.25, 0.3) is 0 Å². The van der Waals surface area contributed by atoms with E-state index < -0.39 is 20.4 Å². The molecule has 19 heavy (non-hydrogen) atoms. The van der Waals surface area contributed by atoms with E-state index in [1.165, 1.54) is 24.3 Å². The first-order chi connectivity index (χ1) is 8.84. The maximum Gasteiger partial charge on any atom is 0.313 e. The molecule has 0 aliphatic heterocycles. The van der Waals surface area contributed by atoms with Crippen LogP contribution in [0.3, 0.4) is 0 Å². The Labute approximate surface area is 118 Å². The van der Waals surface area contributed by atoms with Crippen LogP contribution in [0.25, 0.3) is 0 Å². The molecule has 0 saturated heterocycles. The van der Waals surface area contributed by atoms with Gasteiger partial charge in [-0.3, -0.25) is 0 Å². The lowest BCUT2D eigenvalue weighted by Gasteiger charge is -2.24. The molecule has 0 radical (unpaired) electrons. The van der Waals surface area contributed by atoms with Crippen LogP contribution >= 0.6 is 11.6 Å². The average molecular weight is 309 g/mol. The Hall–Kier alpha value is -0.650. The lowest BCUT2D eigenvalue weighted by atomic mass is 10.1. The van der Waals surface area contributed by atoms with E-state index in [4.69, 9.17) is 11.6 Å². The van der Waals surface area contributed by atoms with Gasteiger partial charge in [-0.15, -0.1) is 0 Å². The van der Waals surface area contributed by atoms with Crippen LogP contribution in [0.15, 0.2) is 35.2 Å². The monoisotopic (exact) mass is 308 g/mol. The van der Waals surface area contributed by atoms with Crippen molar-refractivity contribution >= 4 is 21.4 Å². The van der Waals surface area contributed by atoms with Crippen molar-refractivity contribution in [3.05, 3.63) is 30.3 Å². The molecule has 1 aromatic carbocycles. The molecule has 0 fully saturated rings. The van der Waals surface area contributed by atoms with Gasteiger partial charge in [0.05, 0.1) is 4.90 Å². The Morgan fingerprint density at radius 1 is 1.32 bits per heavy atom. The van der Waals surface area contributed by atoms with Gasteiger partial charge >= 0.3 is 4.46 Å². The van der Waals surface area contributed by atoms with E-state index in [1.807, 2.05) is 6.92 Å². The van der Waals surface area contributed by atoms with Crippen molar-refractivity contribution in [1.82, 2.24) is 0 Å². The lowest BCUT2D eigenvalue weighted by molar-refractivity contribution is 0.0857. The van der Waals surface area contributed by atoms with Crippen LogP contribution in [0.5, 0.6) is 0 Å². The Bertz CT molecular complexity index is 488. The van der Waals surface area contributed by atoms with Crippen molar-refractivity contribution in [2.75, 3.05) is 0 Å². The highest BCUT2D eigenvalue weighted by Crippen LogP contribution is 2.36. The number of hydrogen-bond donors (Lipinski definition) is 1. The number of aliphatic hydroxyl groups is 1. The fourth-order valence-electron chi connectivity index (χ4n) is 1.69. The third-order valence-electron chi connectivity index (χ3n) is 2.88. The summed E-state index contributed by atoms with van der Waals surface area (Å²) in [7, 11) is -4.43. The summed E-state index contributed by atoms with van der Waals surface area (Å²) >= 11 is 5.49. The molecule has 0 heterocycles. The van der Waals surface area contributed by atoms with Gasteiger partial charge in [-0.2, -0.15) is 0 Å². The minimum absolute atomic E-state index is 0.0138. The zero-order valence-electron chi connectivity index (χ0n) is 10.7. The van der Waals surface area contributed by atoms with Crippen LogP contribution < -0.4 is 0 Å². The van der Waals surface area contributed by atoms with Crippen LogP contribution in [0.1, 0.15) is 32.6 Å². The molecule has 6 heteroatoms. The highest BCUT2D eigenvalue weighted by atomic mass is 35.5. The third kappa shape index (κ3) is 3.68. The van der Waals surface area contributed by atoms with E-state index in [9.17, 15) is 17.9 Å². The molecule has 0 aliphatic rings. The van der Waals surface area contributed by atoms with Crippen molar-refractivity contribution in [3.63, 3.8) is 0 Å². The van der Waals surface area contributed by atoms with Crippen molar-refractivity contribution < 1.29 is 17.9 Å². The predicted octanol–water partition coefficient (Wildman–Crippen LogP) is 3.26. The normalized spacial score (nSPS) is 16.8. The number of hydrogen-bond acceptors (Lipinski definition) is 3. The molecule has 1 rings (SSSR count). The summed E-state index contributed by atoms with van der Waals surface area (Å²) in [5, 5.41) is 9.71. The Kier molecular flexibility index (Phi) is 5.77. The average Bonchev–Trinajstić information content (AvgIpc) is 2.39. The summed E-state index contributed by atoms with van der Waals surface area (Å²) < 4.78 is 35.2. The van der Waals surface area contributed by atoms with Crippen molar-refractivity contribution in [1.29, 1.82) is 0 Å². The summed E-state index contributed by atoms with van der Waals surface area (Å²) in [6.45, 7) is 1.95. The Balaban J connectivity index is 2.92. The summed E-state index contributed by atoms with van der Waals surface area (Å²) in [6.07, 6.45) is 0.473. The zero-order valence-corrected chi connectivity index (χ0v) is 12.3. The molecule has 0 aromatic heterocycles. The number of benzene rings is 1. The number of sulfone groups is 1. The quantitative estimate of drug-likeness (QED) is 0.621. The van der Waals surface area contributed by atoms with Gasteiger partial charge in [0.15, 0.2) is 0 Å². The highest BCUT2D eigenvalue weighted by Gasteiger charge is 2.49. The van der Waals surface area contributed by atoms with Gasteiger partial charge in [-0.25, -0.2) is 12.8 Å². The van der Waals surface area contributed by atoms with Crippen LogP contribution in [-0.4, -0.2) is 24.1 Å². The van der Waals surface area contributed by atoms with E-state index in [1.54, 1.807) is 6.07 Å². The number of rotatable bonds is 7. The standard InChI is InChI=1S/C13H18ClFO3S/c1-2-3-5-10-12(16)13(14,15)19(17,18)11-8-6-4-7-9-11/h4,6-9,12,16H,2-3,5,10H2,1H3. The molecule has 0 spiro atoms. The number of unbranched alkanes of at least 4 members (excludes halogenated alkanes) is 2. The predicted molar refractivity (Wildman–Crippen MR) is 73.5 cm³/mol. The topological polar surface area (TPSA) is 54.4 Å². The van der Waals surface area contributed by atoms with E-state index in [-0.39, 0.29) is 11.3 Å². The fraction of sp³-hybridized carbons (Fsp3) is 0.538. The Morgan fingerprint density at radius 3 is 2.42 bits per heavy atom. The van der Waals surface area contributed by atoms with Gasteiger partial charge in [0.1, 0.15) is 6.10 Å². The minimum Gasteiger partial charge on any atom is -0.387 e.